The standard InChI is InChI=1S/C14H20Si2.2ClH.Zr/c1-15(2,13-9-5-6-10-13)16(3,4)14-11-7-8-12-14;;;/h5,7,9,11H,6,8H2,1-4H3;2*1H;/q;;;+2/p-2. The molecule has 1 aliphatic heterocycles. The third kappa shape index (κ3) is 2.55. The molecule has 3 aliphatic rings. The second-order valence-electron chi connectivity index (χ2n) is 6.37. The molecule has 102 valence electrons. The molecule has 0 aromatic heterocycles. The van der Waals surface area contributed by atoms with Gasteiger partial charge in [-0.15, -0.1) is 0 Å². The topological polar surface area (TPSA) is 0 Å². The van der Waals surface area contributed by atoms with Gasteiger partial charge in [-0.1, -0.05) is 0 Å². The van der Waals surface area contributed by atoms with Crippen LogP contribution in [0.2, 0.25) is 26.2 Å². The second kappa shape index (κ2) is 5.92. The van der Waals surface area contributed by atoms with Crippen molar-refractivity contribution in [3.05, 3.63) is 41.3 Å². The van der Waals surface area contributed by atoms with Crippen LogP contribution in [0.4, 0.5) is 0 Å². The first-order chi connectivity index (χ1) is 7.94. The Kier molecular flexibility index (Phi) is 5.58. The summed E-state index contributed by atoms with van der Waals surface area (Å²) in [5, 5.41) is 3.76. The molecule has 0 bridgehead atoms. The number of allylic oxidation sites excluding steroid dienone is 8. The summed E-state index contributed by atoms with van der Waals surface area (Å²) in [5.41, 5.74) is 0. The number of rotatable bonds is 0. The molecule has 5 heteroatoms. The van der Waals surface area contributed by atoms with Crippen LogP contribution in [0.5, 0.6) is 0 Å². The summed E-state index contributed by atoms with van der Waals surface area (Å²) in [6, 6.07) is 0. The van der Waals surface area contributed by atoms with Crippen molar-refractivity contribution >= 4 is 15.2 Å². The predicted molar refractivity (Wildman–Crippen MR) is 76.5 cm³/mol. The van der Waals surface area contributed by atoms with Gasteiger partial charge in [0.25, 0.3) is 0 Å². The minimum Gasteiger partial charge on any atom is -1.00 e. The van der Waals surface area contributed by atoms with Crippen molar-refractivity contribution in [3.63, 3.8) is 0 Å². The molecule has 0 N–H and O–H groups in total. The van der Waals surface area contributed by atoms with Gasteiger partial charge in [0.15, 0.2) is 0 Å². The Morgan fingerprint density at radius 2 is 1.16 bits per heavy atom. The monoisotopic (exact) mass is 404 g/mol. The summed E-state index contributed by atoms with van der Waals surface area (Å²) < 4.78 is 3.86. The van der Waals surface area contributed by atoms with Crippen LogP contribution in [0.3, 0.4) is 0 Å². The summed E-state index contributed by atoms with van der Waals surface area (Å²) in [7, 11) is -2.44. The van der Waals surface area contributed by atoms with E-state index in [9.17, 15) is 0 Å². The van der Waals surface area contributed by atoms with Crippen molar-refractivity contribution in [3.8, 4) is 0 Å². The van der Waals surface area contributed by atoms with Crippen molar-refractivity contribution in [2.24, 2.45) is 0 Å². The Morgan fingerprint density at radius 3 is 1.53 bits per heavy atom. The van der Waals surface area contributed by atoms with Gasteiger partial charge in [-0.25, -0.2) is 0 Å². The first kappa shape index (κ1) is 17.9. The zero-order chi connectivity index (χ0) is 12.3. The van der Waals surface area contributed by atoms with Gasteiger partial charge in [0.2, 0.25) is 0 Å². The normalized spacial score (nSPS) is 24.6. The van der Waals surface area contributed by atoms with E-state index in [1.54, 1.807) is 0 Å². The summed E-state index contributed by atoms with van der Waals surface area (Å²) in [6.07, 6.45) is 12.5. The molecule has 0 saturated heterocycles. The van der Waals surface area contributed by atoms with Crippen LogP contribution in [-0.2, 0) is 23.2 Å². The maximum Gasteiger partial charge on any atom is -1.00 e. The van der Waals surface area contributed by atoms with Gasteiger partial charge in [-0.05, 0) is 0 Å². The molecule has 0 aromatic carbocycles. The van der Waals surface area contributed by atoms with Crippen LogP contribution in [0.1, 0.15) is 12.8 Å². The molecule has 0 saturated carbocycles. The molecular weight excluding hydrogens is 386 g/mol. The smallest absolute Gasteiger partial charge is 1.00 e. The van der Waals surface area contributed by atoms with E-state index < -0.39 is 38.4 Å². The quantitative estimate of drug-likeness (QED) is 0.412. The number of hydrogen-bond donors (Lipinski definition) is 0. The first-order valence-electron chi connectivity index (χ1n) is 6.52. The van der Waals surface area contributed by atoms with Crippen molar-refractivity contribution in [2.45, 2.75) is 39.0 Å². The average Bonchev–Trinajstić information content (AvgIpc) is 2.85. The SMILES string of the molecule is C[Si]1(C)C2=[C](CC=C2)[Zr+2][C]2=C(C=CC2)[Si]1(C)C.[Cl-].[Cl-]. The minimum absolute atomic E-state index is 0. The molecule has 0 nitrogen and oxygen atoms in total. The fourth-order valence-corrected chi connectivity index (χ4v) is 23.1. The fraction of sp³-hybridized carbons (Fsp3) is 0.429. The molecule has 0 atom stereocenters. The molecular formula is C14H20Cl2Si2Zr. The Morgan fingerprint density at radius 1 is 0.789 bits per heavy atom. The van der Waals surface area contributed by atoms with E-state index in [2.05, 4.69) is 50.5 Å². The van der Waals surface area contributed by atoms with Gasteiger partial charge in [0, 0.05) is 0 Å². The van der Waals surface area contributed by atoms with Crippen LogP contribution in [0.25, 0.3) is 0 Å². The zero-order valence-electron chi connectivity index (χ0n) is 12.0. The van der Waals surface area contributed by atoms with Gasteiger partial charge < -0.3 is 24.8 Å². The molecule has 0 fully saturated rings. The largest absolute Gasteiger partial charge is 1.00 e. The zero-order valence-corrected chi connectivity index (χ0v) is 17.9. The van der Waals surface area contributed by atoms with Crippen LogP contribution < -0.4 is 24.8 Å². The number of hydrogen-bond acceptors (Lipinski definition) is 0. The summed E-state index contributed by atoms with van der Waals surface area (Å²) in [4.78, 5) is 0. The van der Waals surface area contributed by atoms with Crippen molar-refractivity contribution < 1.29 is 48.0 Å². The van der Waals surface area contributed by atoms with E-state index >= 15 is 0 Å². The molecule has 1 heterocycles. The maximum atomic E-state index is 2.64. The Hall–Kier alpha value is 0.857. The number of halogens is 2. The van der Waals surface area contributed by atoms with Crippen molar-refractivity contribution in [1.82, 2.24) is 0 Å². The van der Waals surface area contributed by atoms with E-state index in [-0.39, 0.29) is 24.8 Å². The average molecular weight is 407 g/mol. The van der Waals surface area contributed by atoms with E-state index in [4.69, 9.17) is 0 Å². The fourth-order valence-electron chi connectivity index (χ4n) is 3.27. The van der Waals surface area contributed by atoms with Gasteiger partial charge in [-0.2, -0.15) is 0 Å². The van der Waals surface area contributed by atoms with E-state index in [0.29, 0.717) is 0 Å². The van der Waals surface area contributed by atoms with Gasteiger partial charge >= 0.3 is 119 Å². The Balaban J connectivity index is 0.000000902. The predicted octanol–water partition coefficient (Wildman–Crippen LogP) is -1.91. The summed E-state index contributed by atoms with van der Waals surface area (Å²) in [6.45, 7) is 10.6. The molecule has 0 radical (unpaired) electrons. The Labute approximate surface area is 142 Å². The Bertz CT molecular complexity index is 468. The molecule has 3 rings (SSSR count). The minimum atomic E-state index is -1.22. The van der Waals surface area contributed by atoms with E-state index in [1.807, 2.05) is 17.0 Å². The van der Waals surface area contributed by atoms with Crippen LogP contribution in [0.15, 0.2) is 41.3 Å². The third-order valence-electron chi connectivity index (χ3n) is 5.07. The molecule has 2 aliphatic carbocycles. The molecule has 19 heavy (non-hydrogen) atoms. The van der Waals surface area contributed by atoms with E-state index in [0.717, 1.165) is 0 Å². The molecule has 0 unspecified atom stereocenters. The van der Waals surface area contributed by atoms with Gasteiger partial charge in [-0.3, -0.25) is 0 Å². The molecule has 0 aromatic rings. The van der Waals surface area contributed by atoms with E-state index in [1.165, 1.54) is 12.8 Å². The summed E-state index contributed by atoms with van der Waals surface area (Å²) >= 11 is -0.411. The van der Waals surface area contributed by atoms with Crippen molar-refractivity contribution in [2.75, 3.05) is 0 Å². The van der Waals surface area contributed by atoms with Crippen molar-refractivity contribution in [1.29, 1.82) is 0 Å². The maximum absolute atomic E-state index is 2.64. The van der Waals surface area contributed by atoms with Crippen LogP contribution >= 0.6 is 0 Å². The summed E-state index contributed by atoms with van der Waals surface area (Å²) in [5.74, 6) is 0. The molecule has 0 spiro atoms. The first-order valence-corrected chi connectivity index (χ1v) is 16.0. The second-order valence-corrected chi connectivity index (χ2v) is 25.0. The molecule has 0 amide bonds. The van der Waals surface area contributed by atoms with Gasteiger partial charge in [0.05, 0.1) is 0 Å². The van der Waals surface area contributed by atoms with Gasteiger partial charge in [0.1, 0.15) is 0 Å². The van der Waals surface area contributed by atoms with Crippen LogP contribution in [-0.4, -0.2) is 15.2 Å². The third-order valence-corrected chi connectivity index (χ3v) is 27.9. The van der Waals surface area contributed by atoms with Crippen LogP contribution in [0, 0.1) is 0 Å².